The lowest BCUT2D eigenvalue weighted by molar-refractivity contribution is 0.742. The first-order valence-electron chi connectivity index (χ1n) is 5.60. The van der Waals surface area contributed by atoms with Crippen molar-refractivity contribution in [2.75, 3.05) is 11.9 Å². The van der Waals surface area contributed by atoms with Gasteiger partial charge in [-0.15, -0.1) is 22.9 Å². The molecular formula is C13H14Cl2N2S. The van der Waals surface area contributed by atoms with E-state index < -0.39 is 0 Å². The first kappa shape index (κ1) is 13.7. The van der Waals surface area contributed by atoms with Crippen LogP contribution in [0.3, 0.4) is 0 Å². The third kappa shape index (κ3) is 2.79. The van der Waals surface area contributed by atoms with Crippen LogP contribution >= 0.6 is 34.5 Å². The van der Waals surface area contributed by atoms with Gasteiger partial charge in [0.2, 0.25) is 0 Å². The lowest BCUT2D eigenvalue weighted by atomic mass is 10.2. The summed E-state index contributed by atoms with van der Waals surface area (Å²) in [5.41, 5.74) is 0.933. The van der Waals surface area contributed by atoms with E-state index in [0.29, 0.717) is 10.9 Å². The van der Waals surface area contributed by atoms with E-state index in [9.17, 15) is 0 Å². The number of pyridine rings is 1. The molecule has 2 heterocycles. The lowest BCUT2D eigenvalue weighted by Gasteiger charge is -2.26. The van der Waals surface area contributed by atoms with E-state index in [0.717, 1.165) is 11.4 Å². The summed E-state index contributed by atoms with van der Waals surface area (Å²) in [6, 6.07) is 6.29. The molecule has 0 spiro atoms. The normalized spacial score (nSPS) is 12.4. The molecule has 1 unspecified atom stereocenters. The number of hydrogen-bond acceptors (Lipinski definition) is 3. The molecule has 96 valence electrons. The van der Waals surface area contributed by atoms with E-state index in [2.05, 4.69) is 34.3 Å². The molecule has 0 fully saturated rings. The summed E-state index contributed by atoms with van der Waals surface area (Å²) in [5.74, 6) is 1.21. The zero-order chi connectivity index (χ0) is 13.1. The molecule has 0 aromatic carbocycles. The summed E-state index contributed by atoms with van der Waals surface area (Å²) in [4.78, 5) is 7.76. The van der Waals surface area contributed by atoms with Gasteiger partial charge in [0.05, 0.1) is 11.1 Å². The first-order valence-corrected chi connectivity index (χ1v) is 7.39. The molecule has 1 atom stereocenters. The van der Waals surface area contributed by atoms with E-state index in [-0.39, 0.29) is 6.04 Å². The topological polar surface area (TPSA) is 16.1 Å². The molecule has 2 rings (SSSR count). The minimum atomic E-state index is 0.247. The molecule has 0 aliphatic carbocycles. The number of hydrogen-bond donors (Lipinski definition) is 0. The molecular weight excluding hydrogens is 287 g/mol. The molecule has 0 bridgehead atoms. The summed E-state index contributed by atoms with van der Waals surface area (Å²) in [6.07, 6.45) is 1.77. The van der Waals surface area contributed by atoms with Gasteiger partial charge in [0.15, 0.2) is 0 Å². The van der Waals surface area contributed by atoms with Crippen molar-refractivity contribution in [2.45, 2.75) is 18.8 Å². The number of halogens is 2. The van der Waals surface area contributed by atoms with Crippen molar-refractivity contribution in [1.29, 1.82) is 0 Å². The van der Waals surface area contributed by atoms with Crippen LogP contribution in [0.15, 0.2) is 29.8 Å². The van der Waals surface area contributed by atoms with Crippen LogP contribution < -0.4 is 4.90 Å². The fraction of sp³-hybridized carbons (Fsp3) is 0.308. The Morgan fingerprint density at radius 3 is 2.83 bits per heavy atom. The molecule has 0 aliphatic rings. The number of nitrogens with zero attached hydrogens (tertiary/aromatic N) is 2. The zero-order valence-corrected chi connectivity index (χ0v) is 12.6. The van der Waals surface area contributed by atoms with Crippen molar-refractivity contribution in [3.8, 4) is 0 Å². The summed E-state index contributed by atoms with van der Waals surface area (Å²) in [7, 11) is 2.00. The summed E-state index contributed by atoms with van der Waals surface area (Å²) in [5, 5.41) is 2.71. The maximum atomic E-state index is 6.25. The number of alkyl halides is 1. The molecule has 0 amide bonds. The first-order chi connectivity index (χ1) is 8.63. The second-order valence-electron chi connectivity index (χ2n) is 4.08. The van der Waals surface area contributed by atoms with E-state index in [1.807, 2.05) is 13.1 Å². The standard InChI is InChI=1S/C13H14Cl2N2S/c1-9(12-4-3-5-18-12)17(2)13-11(15)6-10(7-14)8-16-13/h3-6,8-9H,7H2,1-2H3. The molecule has 0 aliphatic heterocycles. The Hall–Kier alpha value is -0.770. The molecule has 2 nitrogen and oxygen atoms in total. The molecule has 0 saturated carbocycles. The average Bonchev–Trinajstić information content (AvgIpc) is 2.90. The summed E-state index contributed by atoms with van der Waals surface area (Å²) < 4.78 is 0. The highest BCUT2D eigenvalue weighted by molar-refractivity contribution is 7.10. The number of thiophene rings is 1. The third-order valence-corrected chi connectivity index (χ3v) is 4.53. The Kier molecular flexibility index (Phi) is 4.49. The summed E-state index contributed by atoms with van der Waals surface area (Å²) >= 11 is 13.7. The second kappa shape index (κ2) is 5.91. The van der Waals surface area contributed by atoms with Gasteiger partial charge >= 0.3 is 0 Å². The van der Waals surface area contributed by atoms with Gasteiger partial charge < -0.3 is 4.90 Å². The monoisotopic (exact) mass is 300 g/mol. The predicted molar refractivity (Wildman–Crippen MR) is 79.9 cm³/mol. The van der Waals surface area contributed by atoms with Crippen LogP contribution in [0.1, 0.15) is 23.4 Å². The van der Waals surface area contributed by atoms with Crippen LogP contribution in [-0.4, -0.2) is 12.0 Å². The Balaban J connectivity index is 2.26. The van der Waals surface area contributed by atoms with Gasteiger partial charge in [-0.05, 0) is 30.0 Å². The van der Waals surface area contributed by atoms with Crippen molar-refractivity contribution in [3.63, 3.8) is 0 Å². The van der Waals surface area contributed by atoms with Crippen molar-refractivity contribution >= 4 is 40.4 Å². The van der Waals surface area contributed by atoms with Crippen molar-refractivity contribution < 1.29 is 0 Å². The maximum absolute atomic E-state index is 6.25. The SMILES string of the molecule is CC(c1cccs1)N(C)c1ncc(CCl)cc1Cl. The van der Waals surface area contributed by atoms with Gasteiger partial charge in [0.25, 0.3) is 0 Å². The molecule has 0 radical (unpaired) electrons. The van der Waals surface area contributed by atoms with E-state index in [4.69, 9.17) is 23.2 Å². The highest BCUT2D eigenvalue weighted by Crippen LogP contribution is 2.31. The van der Waals surface area contributed by atoms with Gasteiger partial charge in [0, 0.05) is 24.0 Å². The fourth-order valence-electron chi connectivity index (χ4n) is 1.71. The lowest BCUT2D eigenvalue weighted by Crippen LogP contribution is -2.22. The Labute approximate surface area is 121 Å². The highest BCUT2D eigenvalue weighted by Gasteiger charge is 2.17. The third-order valence-electron chi connectivity index (χ3n) is 2.90. The van der Waals surface area contributed by atoms with Gasteiger partial charge in [-0.1, -0.05) is 17.7 Å². The van der Waals surface area contributed by atoms with Crippen LogP contribution in [0.2, 0.25) is 5.02 Å². The quantitative estimate of drug-likeness (QED) is 0.759. The molecule has 2 aromatic rings. The molecule has 0 saturated heterocycles. The van der Waals surface area contributed by atoms with Crippen LogP contribution in [0.25, 0.3) is 0 Å². The van der Waals surface area contributed by atoms with Gasteiger partial charge in [-0.25, -0.2) is 4.98 Å². The number of anilines is 1. The smallest absolute Gasteiger partial charge is 0.147 e. The summed E-state index contributed by atoms with van der Waals surface area (Å²) in [6.45, 7) is 2.14. The van der Waals surface area contributed by atoms with Gasteiger partial charge in [0.1, 0.15) is 5.82 Å². The van der Waals surface area contributed by atoms with E-state index in [1.54, 1.807) is 17.5 Å². The molecule has 18 heavy (non-hydrogen) atoms. The molecule has 0 N–H and O–H groups in total. The number of aromatic nitrogens is 1. The largest absolute Gasteiger partial charge is 0.351 e. The van der Waals surface area contributed by atoms with Gasteiger partial charge in [-0.3, -0.25) is 0 Å². The fourth-order valence-corrected chi connectivity index (χ4v) is 3.00. The Morgan fingerprint density at radius 1 is 1.50 bits per heavy atom. The highest BCUT2D eigenvalue weighted by atomic mass is 35.5. The molecule has 5 heteroatoms. The average molecular weight is 301 g/mol. The van der Waals surface area contributed by atoms with Crippen LogP contribution in [0, 0.1) is 0 Å². The molecule has 2 aromatic heterocycles. The number of rotatable bonds is 4. The minimum Gasteiger partial charge on any atom is -0.351 e. The van der Waals surface area contributed by atoms with Crippen LogP contribution in [-0.2, 0) is 5.88 Å². The van der Waals surface area contributed by atoms with Crippen molar-refractivity contribution in [2.24, 2.45) is 0 Å². The van der Waals surface area contributed by atoms with Crippen molar-refractivity contribution in [3.05, 3.63) is 45.2 Å². The van der Waals surface area contributed by atoms with Gasteiger partial charge in [-0.2, -0.15) is 0 Å². The van der Waals surface area contributed by atoms with Crippen LogP contribution in [0.5, 0.6) is 0 Å². The Bertz CT molecular complexity index is 514. The maximum Gasteiger partial charge on any atom is 0.147 e. The predicted octanol–water partition coefficient (Wildman–Crippen LogP) is 4.73. The van der Waals surface area contributed by atoms with E-state index >= 15 is 0 Å². The zero-order valence-electron chi connectivity index (χ0n) is 10.2. The van der Waals surface area contributed by atoms with Crippen molar-refractivity contribution in [1.82, 2.24) is 4.98 Å². The minimum absolute atomic E-state index is 0.247. The second-order valence-corrected chi connectivity index (χ2v) is 5.74. The van der Waals surface area contributed by atoms with E-state index in [1.165, 1.54) is 4.88 Å². The van der Waals surface area contributed by atoms with Crippen LogP contribution in [0.4, 0.5) is 5.82 Å². The Morgan fingerprint density at radius 2 is 2.28 bits per heavy atom.